The molecular weight excluding hydrogens is 813 g/mol. The van der Waals surface area contributed by atoms with Crippen molar-refractivity contribution in [3.05, 3.63) is 182 Å². The molecule has 0 bridgehead atoms. The Balaban J connectivity index is 1.60. The van der Waals surface area contributed by atoms with Crippen molar-refractivity contribution in [2.75, 3.05) is 0 Å². The van der Waals surface area contributed by atoms with E-state index in [1.807, 2.05) is 182 Å². The summed E-state index contributed by atoms with van der Waals surface area (Å²) in [6.45, 7) is 0. The van der Waals surface area contributed by atoms with Crippen molar-refractivity contribution < 1.29 is 12.0 Å². The Morgan fingerprint density at radius 1 is 0.302 bits per heavy atom. The van der Waals surface area contributed by atoms with Gasteiger partial charge >= 0.3 is 266 Å². The van der Waals surface area contributed by atoms with E-state index in [-0.39, 0.29) is 0 Å². The van der Waals surface area contributed by atoms with Crippen LogP contribution in [0.15, 0.2) is 182 Å². The van der Waals surface area contributed by atoms with Gasteiger partial charge < -0.3 is 0 Å². The maximum atomic E-state index is 14.8. The second-order valence-electron chi connectivity index (χ2n) is 10.1. The number of rotatable bonds is 10. The van der Waals surface area contributed by atoms with Gasteiger partial charge in [-0.25, -0.2) is 0 Å². The van der Waals surface area contributed by atoms with E-state index in [1.54, 1.807) is 0 Å². The van der Waals surface area contributed by atoms with Gasteiger partial charge in [0, 0.05) is 0 Å². The van der Waals surface area contributed by atoms with Crippen molar-refractivity contribution in [1.29, 1.82) is 0 Å². The van der Waals surface area contributed by atoms with Crippen molar-refractivity contribution >= 4 is 72.4 Å². The van der Waals surface area contributed by atoms with E-state index in [9.17, 15) is 7.67 Å². The average Bonchev–Trinajstić information content (AvgIpc) is 3.08. The zero-order valence-electron chi connectivity index (χ0n) is 23.4. The van der Waals surface area contributed by atoms with Gasteiger partial charge in [-0.1, -0.05) is 0 Å². The summed E-state index contributed by atoms with van der Waals surface area (Å²) in [7, 11) is 0. The summed E-state index contributed by atoms with van der Waals surface area (Å²) in [6, 6.07) is 58.9. The van der Waals surface area contributed by atoms with Crippen LogP contribution in [0, 0.1) is 0 Å². The molecule has 43 heavy (non-hydrogen) atoms. The second-order valence-corrected chi connectivity index (χ2v) is 35.2. The fraction of sp³-hybridized carbons (Fsp3) is 0. The molecule has 6 aromatic rings. The van der Waals surface area contributed by atoms with Crippen molar-refractivity contribution in [2.24, 2.45) is 0 Å². The molecule has 7 heteroatoms. The molecule has 0 N–H and O–H groups in total. The molecule has 0 aromatic heterocycles. The van der Waals surface area contributed by atoms with Gasteiger partial charge in [-0.05, 0) is 0 Å². The molecule has 0 atom stereocenters. The molecule has 0 saturated carbocycles. The second kappa shape index (κ2) is 13.3. The Morgan fingerprint density at radius 2 is 0.465 bits per heavy atom. The number of hydrogen-bond acceptors (Lipinski definition) is 4. The van der Waals surface area contributed by atoms with Crippen molar-refractivity contribution in [1.82, 2.24) is 0 Å². The molecule has 0 heterocycles. The minimum absolute atomic E-state index is 0.894. The summed E-state index contributed by atoms with van der Waals surface area (Å²) >= 11 is -15.0. The minimum atomic E-state index is -5.63. The monoisotopic (exact) mass is 846 g/mol. The quantitative estimate of drug-likeness (QED) is 0.198. The van der Waals surface area contributed by atoms with Gasteiger partial charge in [0.25, 0.3) is 0 Å². The van der Waals surface area contributed by atoms with Gasteiger partial charge in [-0.2, -0.15) is 0 Å². The number of benzene rings is 6. The molecule has 0 saturated heterocycles. The normalized spacial score (nSPS) is 12.1. The molecular formula is C36H30O4SeSn2. The van der Waals surface area contributed by atoms with Crippen molar-refractivity contribution in [2.45, 2.75) is 0 Å². The first kappa shape index (κ1) is 30.0. The molecule has 0 fully saturated rings. The average molecular weight is 843 g/mol. The fourth-order valence-electron chi connectivity index (χ4n) is 5.65. The SMILES string of the molecule is O=[Se](=O)([O][Sn]([c]1ccccc1)([c]1ccccc1)[c]1ccccc1)[O][Sn]([c]1ccccc1)([c]1ccccc1)[c]1ccccc1. The van der Waals surface area contributed by atoms with Crippen LogP contribution in [0.5, 0.6) is 0 Å². The molecule has 0 amide bonds. The summed E-state index contributed by atoms with van der Waals surface area (Å²) < 4.78 is 48.6. The predicted octanol–water partition coefficient (Wildman–Crippen LogP) is 3.65. The zero-order chi connectivity index (χ0) is 29.6. The van der Waals surface area contributed by atoms with Crippen LogP contribution in [0.2, 0.25) is 0 Å². The van der Waals surface area contributed by atoms with E-state index in [1.165, 1.54) is 0 Å². The van der Waals surface area contributed by atoms with E-state index < -0.39 is 51.0 Å². The van der Waals surface area contributed by atoms with Crippen LogP contribution in [0.1, 0.15) is 0 Å². The molecule has 0 aliphatic heterocycles. The zero-order valence-corrected chi connectivity index (χ0v) is 30.8. The Morgan fingerprint density at radius 3 is 0.628 bits per heavy atom. The Kier molecular flexibility index (Phi) is 9.28. The molecule has 0 unspecified atom stereocenters. The molecule has 6 rings (SSSR count). The Labute approximate surface area is 264 Å². The van der Waals surface area contributed by atoms with E-state index in [2.05, 4.69) is 0 Å². The van der Waals surface area contributed by atoms with Gasteiger partial charge in [-0.3, -0.25) is 0 Å². The molecule has 4 nitrogen and oxygen atoms in total. The topological polar surface area (TPSA) is 52.6 Å². The fourth-order valence-corrected chi connectivity index (χ4v) is 46.8. The molecule has 0 radical (unpaired) electrons. The molecule has 0 aliphatic carbocycles. The standard InChI is InChI=1S/6C6H5.H2O4Se.2Sn/c6*1-2-4-6-5-3-1;1-5(2,3)4;;/h6*1-5H;(H2,1,2,3,4);;/q;;;;;;;2*+1/p-2. The van der Waals surface area contributed by atoms with Gasteiger partial charge in [0.1, 0.15) is 0 Å². The first-order chi connectivity index (χ1) is 21.0. The maximum absolute atomic E-state index is 14.8. The van der Waals surface area contributed by atoms with E-state index in [0.717, 1.165) is 21.5 Å². The summed E-state index contributed by atoms with van der Waals surface area (Å²) in [5, 5.41) is 0. The van der Waals surface area contributed by atoms with Gasteiger partial charge in [0.05, 0.1) is 0 Å². The van der Waals surface area contributed by atoms with Gasteiger partial charge in [-0.15, -0.1) is 0 Å². The molecule has 0 spiro atoms. The third kappa shape index (κ3) is 6.16. The third-order valence-electron chi connectivity index (χ3n) is 7.54. The Bertz CT molecular complexity index is 1530. The number of hydrogen-bond donors (Lipinski definition) is 0. The predicted molar refractivity (Wildman–Crippen MR) is 177 cm³/mol. The van der Waals surface area contributed by atoms with E-state index >= 15 is 0 Å². The van der Waals surface area contributed by atoms with Crippen molar-refractivity contribution in [3.63, 3.8) is 0 Å². The van der Waals surface area contributed by atoms with Crippen LogP contribution in [0.25, 0.3) is 0 Å². The molecule has 212 valence electrons. The summed E-state index contributed by atoms with van der Waals surface area (Å²) in [6.07, 6.45) is 0. The van der Waals surface area contributed by atoms with Crippen LogP contribution in [-0.4, -0.2) is 51.0 Å². The van der Waals surface area contributed by atoms with Crippen LogP contribution in [0.4, 0.5) is 0 Å². The van der Waals surface area contributed by atoms with Gasteiger partial charge in [0.2, 0.25) is 0 Å². The summed E-state index contributed by atoms with van der Waals surface area (Å²) in [5.41, 5.74) is 0. The summed E-state index contributed by atoms with van der Waals surface area (Å²) in [4.78, 5) is 0. The van der Waals surface area contributed by atoms with Crippen LogP contribution < -0.4 is 21.5 Å². The van der Waals surface area contributed by atoms with E-state index in [4.69, 9.17) is 4.31 Å². The first-order valence-corrected chi connectivity index (χ1v) is 27.7. The van der Waals surface area contributed by atoms with Gasteiger partial charge in [0.15, 0.2) is 0 Å². The van der Waals surface area contributed by atoms with Crippen LogP contribution >= 0.6 is 0 Å². The van der Waals surface area contributed by atoms with E-state index in [0.29, 0.717) is 0 Å². The third-order valence-corrected chi connectivity index (χ3v) is 42.5. The van der Waals surface area contributed by atoms with Crippen LogP contribution in [-0.2, 0) is 12.0 Å². The Hall–Kier alpha value is -3.04. The summed E-state index contributed by atoms with van der Waals surface area (Å²) in [5.74, 6) is 0. The van der Waals surface area contributed by atoms with Crippen LogP contribution in [0.3, 0.4) is 0 Å². The van der Waals surface area contributed by atoms with Crippen molar-refractivity contribution in [3.8, 4) is 0 Å². The molecule has 6 aromatic carbocycles. The first-order valence-electron chi connectivity index (χ1n) is 14.0. The molecule has 0 aliphatic rings.